The van der Waals surface area contributed by atoms with Crippen LogP contribution in [0.5, 0.6) is 0 Å². The first-order chi connectivity index (χ1) is 13.9. The molecular weight excluding hydrogens is 374 g/mol. The van der Waals surface area contributed by atoms with Crippen LogP contribution in [-0.4, -0.2) is 33.9 Å². The molecule has 1 atom stereocenters. The molecule has 4 rings (SSSR count). The number of anilines is 2. The molecule has 5 nitrogen and oxygen atoms in total. The summed E-state index contributed by atoms with van der Waals surface area (Å²) in [7, 11) is 0. The van der Waals surface area contributed by atoms with Crippen molar-refractivity contribution >= 4 is 28.3 Å². The maximum Gasteiger partial charge on any atom is 0.257 e. The molecule has 1 saturated heterocycles. The Hall–Kier alpha value is -3.09. The molecule has 0 spiro atoms. The van der Waals surface area contributed by atoms with Crippen molar-refractivity contribution < 1.29 is 13.6 Å². The smallest absolute Gasteiger partial charge is 0.257 e. The van der Waals surface area contributed by atoms with Crippen molar-refractivity contribution in [1.82, 2.24) is 14.9 Å². The highest BCUT2D eigenvalue weighted by atomic mass is 19.1. The zero-order valence-corrected chi connectivity index (χ0v) is 16.4. The minimum atomic E-state index is -0.697. The Balaban J connectivity index is 1.82. The second-order valence-corrected chi connectivity index (χ2v) is 7.65. The maximum absolute atomic E-state index is 13.7. The Morgan fingerprint density at radius 3 is 2.69 bits per heavy atom. The van der Waals surface area contributed by atoms with E-state index in [1.807, 2.05) is 24.0 Å². The maximum atomic E-state index is 13.7. The molecule has 3 heterocycles. The number of aryl methyl sites for hydroxylation is 1. The first-order valence-electron chi connectivity index (χ1n) is 9.69. The van der Waals surface area contributed by atoms with Gasteiger partial charge in [-0.25, -0.2) is 18.7 Å². The van der Waals surface area contributed by atoms with Gasteiger partial charge in [-0.2, -0.15) is 0 Å². The van der Waals surface area contributed by atoms with Crippen LogP contribution in [0.1, 0.15) is 35.8 Å². The minimum absolute atomic E-state index is 0.147. The number of benzene rings is 1. The van der Waals surface area contributed by atoms with Gasteiger partial charge in [0.1, 0.15) is 11.6 Å². The van der Waals surface area contributed by atoms with Crippen LogP contribution in [0, 0.1) is 24.5 Å². The molecule has 1 amide bonds. The normalized spacial score (nSPS) is 16.8. The van der Waals surface area contributed by atoms with Crippen molar-refractivity contribution in [3.05, 3.63) is 59.4 Å². The second kappa shape index (κ2) is 7.73. The molecule has 0 radical (unpaired) electrons. The lowest BCUT2D eigenvalue weighted by atomic mass is 9.99. The summed E-state index contributed by atoms with van der Waals surface area (Å²) in [5.41, 5.74) is 2.29. The number of amides is 1. The number of carbonyl (C=O) groups excluding carboxylic acids is 1. The average Bonchev–Trinajstić information content (AvgIpc) is 2.66. The van der Waals surface area contributed by atoms with Crippen LogP contribution in [0.4, 0.5) is 20.2 Å². The first kappa shape index (κ1) is 19.2. The van der Waals surface area contributed by atoms with Crippen LogP contribution < -0.4 is 5.32 Å². The number of carbonyl (C=O) groups is 1. The summed E-state index contributed by atoms with van der Waals surface area (Å²) in [5, 5.41) is 3.66. The average molecular weight is 396 g/mol. The van der Waals surface area contributed by atoms with Crippen LogP contribution in [0.3, 0.4) is 0 Å². The number of aromatic nitrogens is 2. The van der Waals surface area contributed by atoms with E-state index in [4.69, 9.17) is 0 Å². The van der Waals surface area contributed by atoms with Crippen molar-refractivity contribution in [3.63, 3.8) is 0 Å². The third-order valence-corrected chi connectivity index (χ3v) is 5.18. The van der Waals surface area contributed by atoms with E-state index in [-0.39, 0.29) is 11.6 Å². The molecule has 0 unspecified atom stereocenters. The van der Waals surface area contributed by atoms with Crippen LogP contribution in [0.25, 0.3) is 11.0 Å². The minimum Gasteiger partial charge on any atom is -0.354 e. The van der Waals surface area contributed by atoms with E-state index in [1.54, 1.807) is 0 Å². The van der Waals surface area contributed by atoms with Gasteiger partial charge < -0.3 is 10.2 Å². The fourth-order valence-electron chi connectivity index (χ4n) is 3.78. The molecule has 1 N–H and O–H groups in total. The van der Waals surface area contributed by atoms with E-state index in [0.29, 0.717) is 41.3 Å². The number of hydrogen-bond acceptors (Lipinski definition) is 4. The Labute approximate surface area is 167 Å². The molecule has 1 aliphatic rings. The molecule has 1 fully saturated rings. The van der Waals surface area contributed by atoms with E-state index in [9.17, 15) is 13.6 Å². The van der Waals surface area contributed by atoms with Gasteiger partial charge in [0, 0.05) is 42.1 Å². The highest BCUT2D eigenvalue weighted by Gasteiger charge is 2.25. The molecule has 0 aliphatic carbocycles. The third kappa shape index (κ3) is 4.04. The number of pyridine rings is 2. The molecule has 3 aromatic rings. The van der Waals surface area contributed by atoms with Crippen LogP contribution >= 0.6 is 0 Å². The molecule has 0 saturated carbocycles. The fraction of sp³-hybridized carbons (Fsp3) is 0.318. The van der Waals surface area contributed by atoms with E-state index in [1.165, 1.54) is 18.3 Å². The largest absolute Gasteiger partial charge is 0.354 e. The zero-order chi connectivity index (χ0) is 20.5. The summed E-state index contributed by atoms with van der Waals surface area (Å²) in [6, 6.07) is 6.82. The summed E-state index contributed by atoms with van der Waals surface area (Å²) in [6.07, 6.45) is 3.54. The zero-order valence-electron chi connectivity index (χ0n) is 16.4. The van der Waals surface area contributed by atoms with Crippen molar-refractivity contribution in [1.29, 1.82) is 0 Å². The summed E-state index contributed by atoms with van der Waals surface area (Å²) in [4.78, 5) is 23.9. The topological polar surface area (TPSA) is 58.1 Å². The van der Waals surface area contributed by atoms with Crippen LogP contribution in [0.15, 0.2) is 36.5 Å². The van der Waals surface area contributed by atoms with Crippen molar-refractivity contribution in [3.8, 4) is 0 Å². The Morgan fingerprint density at radius 1 is 1.21 bits per heavy atom. The lowest BCUT2D eigenvalue weighted by molar-refractivity contribution is 0.0684. The third-order valence-electron chi connectivity index (χ3n) is 5.18. The van der Waals surface area contributed by atoms with E-state index >= 15 is 0 Å². The van der Waals surface area contributed by atoms with E-state index in [2.05, 4.69) is 22.2 Å². The van der Waals surface area contributed by atoms with E-state index in [0.717, 1.165) is 24.6 Å². The van der Waals surface area contributed by atoms with Crippen LogP contribution in [-0.2, 0) is 0 Å². The standard InChI is InChI=1S/C22H22F2N4O/c1-13-4-3-7-28(12-13)22(29)19-11-25-21-18(6-5-14(2)26-21)20(19)27-17-9-15(23)8-16(24)10-17/h5-6,8-11,13H,3-4,7,12H2,1-2H3,(H,25,26,27)/t13-/m1/s1. The lowest BCUT2D eigenvalue weighted by Crippen LogP contribution is -2.39. The predicted octanol–water partition coefficient (Wildman–Crippen LogP) is 4.83. The lowest BCUT2D eigenvalue weighted by Gasteiger charge is -2.31. The van der Waals surface area contributed by atoms with Gasteiger partial charge in [-0.1, -0.05) is 6.92 Å². The quantitative estimate of drug-likeness (QED) is 0.689. The monoisotopic (exact) mass is 396 g/mol. The summed E-state index contributed by atoms with van der Waals surface area (Å²) < 4.78 is 27.4. The number of nitrogens with one attached hydrogen (secondary N) is 1. The number of halogens is 2. The molecule has 7 heteroatoms. The molecule has 150 valence electrons. The molecule has 1 aliphatic heterocycles. The number of rotatable bonds is 3. The number of nitrogens with zero attached hydrogens (tertiary/aromatic N) is 3. The van der Waals surface area contributed by atoms with Gasteiger partial charge in [0.05, 0.1) is 11.3 Å². The van der Waals surface area contributed by atoms with Crippen molar-refractivity contribution in [2.45, 2.75) is 26.7 Å². The van der Waals surface area contributed by atoms with Crippen molar-refractivity contribution in [2.75, 3.05) is 18.4 Å². The second-order valence-electron chi connectivity index (χ2n) is 7.65. The Kier molecular flexibility index (Phi) is 5.13. The van der Waals surface area contributed by atoms with Crippen LogP contribution in [0.2, 0.25) is 0 Å². The number of piperidine rings is 1. The number of hydrogen-bond donors (Lipinski definition) is 1. The first-order valence-corrected chi connectivity index (χ1v) is 9.69. The van der Waals surface area contributed by atoms with Gasteiger partial charge in [-0.3, -0.25) is 4.79 Å². The van der Waals surface area contributed by atoms with Gasteiger partial charge >= 0.3 is 0 Å². The van der Waals surface area contributed by atoms with Crippen molar-refractivity contribution in [2.24, 2.45) is 5.92 Å². The highest BCUT2D eigenvalue weighted by Crippen LogP contribution is 2.31. The van der Waals surface area contributed by atoms with E-state index < -0.39 is 11.6 Å². The molecule has 29 heavy (non-hydrogen) atoms. The molecule has 2 aromatic heterocycles. The highest BCUT2D eigenvalue weighted by molar-refractivity contribution is 6.07. The SMILES string of the molecule is Cc1ccc2c(Nc3cc(F)cc(F)c3)c(C(=O)N3CCC[C@@H](C)C3)cnc2n1. The van der Waals surface area contributed by atoms with Gasteiger partial charge in [-0.15, -0.1) is 0 Å². The predicted molar refractivity (Wildman–Crippen MR) is 108 cm³/mol. The molecular formula is C22H22F2N4O. The Bertz CT molecular complexity index is 1070. The summed E-state index contributed by atoms with van der Waals surface area (Å²) >= 11 is 0. The molecule has 1 aromatic carbocycles. The summed E-state index contributed by atoms with van der Waals surface area (Å²) in [5.74, 6) is -1.11. The summed E-state index contributed by atoms with van der Waals surface area (Å²) in [6.45, 7) is 5.34. The van der Waals surface area contributed by atoms with Gasteiger partial charge in [0.2, 0.25) is 0 Å². The van der Waals surface area contributed by atoms with Gasteiger partial charge in [0.15, 0.2) is 5.65 Å². The number of likely N-dealkylation sites (tertiary alicyclic amines) is 1. The van der Waals surface area contributed by atoms with Gasteiger partial charge in [0.25, 0.3) is 5.91 Å². The Morgan fingerprint density at radius 2 is 1.97 bits per heavy atom. The fourth-order valence-corrected chi connectivity index (χ4v) is 3.78. The number of fused-ring (bicyclic) bond motifs is 1. The van der Waals surface area contributed by atoms with Gasteiger partial charge in [-0.05, 0) is 49.9 Å². The molecule has 0 bridgehead atoms.